The molecule has 0 fully saturated rings. The second-order valence-corrected chi connectivity index (χ2v) is 5.52. The van der Waals surface area contributed by atoms with Gasteiger partial charge in [-0.2, -0.15) is 0 Å². The zero-order valence-corrected chi connectivity index (χ0v) is 11.9. The van der Waals surface area contributed by atoms with Crippen LogP contribution in [0.5, 0.6) is 0 Å². The van der Waals surface area contributed by atoms with Gasteiger partial charge in [-0.15, -0.1) is 0 Å². The Hall–Kier alpha value is -2.10. The van der Waals surface area contributed by atoms with Gasteiger partial charge in [-0.1, -0.05) is 6.07 Å². The Morgan fingerprint density at radius 2 is 1.95 bits per heavy atom. The average molecular weight is 269 g/mol. The molecule has 1 aliphatic rings. The summed E-state index contributed by atoms with van der Waals surface area (Å²) in [5.74, 6) is 0.902. The molecular formula is C16H19N3O. The third kappa shape index (κ3) is 2.59. The molecule has 104 valence electrons. The van der Waals surface area contributed by atoms with Crippen molar-refractivity contribution in [2.24, 2.45) is 0 Å². The highest BCUT2D eigenvalue weighted by molar-refractivity contribution is 6.02. The molecule has 0 radical (unpaired) electrons. The molecule has 1 aromatic heterocycles. The summed E-state index contributed by atoms with van der Waals surface area (Å²) in [5, 5.41) is 2.93. The lowest BCUT2D eigenvalue weighted by molar-refractivity contribution is 0.102. The van der Waals surface area contributed by atoms with Gasteiger partial charge in [0.15, 0.2) is 0 Å². The predicted octanol–water partition coefficient (Wildman–Crippen LogP) is 3.09. The molecule has 0 aliphatic carbocycles. The van der Waals surface area contributed by atoms with Gasteiger partial charge in [-0.3, -0.25) is 4.79 Å². The summed E-state index contributed by atoms with van der Waals surface area (Å²) >= 11 is 0. The van der Waals surface area contributed by atoms with Crippen LogP contribution in [-0.4, -0.2) is 15.5 Å². The summed E-state index contributed by atoms with van der Waals surface area (Å²) in [5.41, 5.74) is 3.63. The molecule has 20 heavy (non-hydrogen) atoms. The first kappa shape index (κ1) is 12.9. The smallest absolute Gasteiger partial charge is 0.275 e. The number of nitrogens with zero attached hydrogens (tertiary/aromatic N) is 2. The first-order valence-corrected chi connectivity index (χ1v) is 7.07. The normalized spacial score (nSPS) is 13.9. The lowest BCUT2D eigenvalue weighted by atomic mass is 10.1. The number of hydrogen-bond acceptors (Lipinski definition) is 2. The van der Waals surface area contributed by atoms with Crippen molar-refractivity contribution in [3.8, 4) is 0 Å². The van der Waals surface area contributed by atoms with Crippen LogP contribution in [0.25, 0.3) is 0 Å². The van der Waals surface area contributed by atoms with Crippen molar-refractivity contribution in [2.75, 3.05) is 5.32 Å². The molecule has 0 unspecified atom stereocenters. The molecule has 4 heteroatoms. The first-order chi connectivity index (χ1) is 9.61. The third-order valence-corrected chi connectivity index (χ3v) is 3.62. The van der Waals surface area contributed by atoms with Crippen LogP contribution in [0.1, 0.15) is 40.3 Å². The third-order valence-electron chi connectivity index (χ3n) is 3.62. The van der Waals surface area contributed by atoms with Crippen LogP contribution in [0.3, 0.4) is 0 Å². The fourth-order valence-electron chi connectivity index (χ4n) is 2.76. The number of anilines is 1. The van der Waals surface area contributed by atoms with E-state index in [2.05, 4.69) is 20.9 Å². The van der Waals surface area contributed by atoms with Crippen molar-refractivity contribution >= 4 is 11.6 Å². The molecule has 0 bridgehead atoms. The standard InChI is InChI=1S/C16H19N3O/c1-11-7-12(2)9-13(8-11)17-16(20)14-10-19-6-4-3-5-15(19)18-14/h7-10H,3-6H2,1-2H3,(H,17,20). The number of rotatable bonds is 2. The maximum atomic E-state index is 12.3. The van der Waals surface area contributed by atoms with E-state index in [0.29, 0.717) is 5.69 Å². The Bertz CT molecular complexity index is 614. The van der Waals surface area contributed by atoms with E-state index >= 15 is 0 Å². The molecule has 0 saturated carbocycles. The highest BCUT2D eigenvalue weighted by atomic mass is 16.1. The molecule has 2 heterocycles. The topological polar surface area (TPSA) is 46.9 Å². The van der Waals surface area contributed by atoms with E-state index in [-0.39, 0.29) is 5.91 Å². The number of hydrogen-bond donors (Lipinski definition) is 1. The largest absolute Gasteiger partial charge is 0.334 e. The molecule has 1 N–H and O–H groups in total. The molecule has 0 saturated heterocycles. The number of carbonyl (C=O) groups is 1. The van der Waals surface area contributed by atoms with Crippen molar-refractivity contribution in [1.29, 1.82) is 0 Å². The van der Waals surface area contributed by atoms with E-state index in [1.807, 2.05) is 32.2 Å². The van der Waals surface area contributed by atoms with Gasteiger partial charge in [0.25, 0.3) is 5.91 Å². The fraction of sp³-hybridized carbons (Fsp3) is 0.375. The number of fused-ring (bicyclic) bond motifs is 1. The summed E-state index contributed by atoms with van der Waals surface area (Å²) in [6, 6.07) is 6.03. The molecule has 0 spiro atoms. The van der Waals surface area contributed by atoms with Crippen LogP contribution in [-0.2, 0) is 13.0 Å². The van der Waals surface area contributed by atoms with Gasteiger partial charge in [0.05, 0.1) is 0 Å². The van der Waals surface area contributed by atoms with Gasteiger partial charge >= 0.3 is 0 Å². The molecular weight excluding hydrogens is 250 g/mol. The quantitative estimate of drug-likeness (QED) is 0.910. The number of carbonyl (C=O) groups excluding carboxylic acids is 1. The van der Waals surface area contributed by atoms with Crippen LogP contribution in [0.4, 0.5) is 5.69 Å². The summed E-state index contributed by atoms with van der Waals surface area (Å²) in [6.07, 6.45) is 5.17. The SMILES string of the molecule is Cc1cc(C)cc(NC(=O)c2cn3c(n2)CCCC3)c1. The lowest BCUT2D eigenvalue weighted by Gasteiger charge is -2.11. The maximum Gasteiger partial charge on any atom is 0.275 e. The highest BCUT2D eigenvalue weighted by Crippen LogP contribution is 2.17. The van der Waals surface area contributed by atoms with Gasteiger partial charge in [-0.25, -0.2) is 4.98 Å². The minimum atomic E-state index is -0.128. The number of aryl methyl sites for hydroxylation is 4. The van der Waals surface area contributed by atoms with Crippen molar-refractivity contribution in [3.05, 3.63) is 47.0 Å². The van der Waals surface area contributed by atoms with Crippen molar-refractivity contribution in [3.63, 3.8) is 0 Å². The highest BCUT2D eigenvalue weighted by Gasteiger charge is 2.16. The molecule has 1 aliphatic heterocycles. The fourth-order valence-corrected chi connectivity index (χ4v) is 2.76. The molecule has 4 nitrogen and oxygen atoms in total. The van der Waals surface area contributed by atoms with E-state index in [9.17, 15) is 4.79 Å². The summed E-state index contributed by atoms with van der Waals surface area (Å²) in [4.78, 5) is 16.7. The molecule has 2 aromatic rings. The molecule has 1 amide bonds. The molecule has 3 rings (SSSR count). The Morgan fingerprint density at radius 1 is 1.20 bits per heavy atom. The minimum Gasteiger partial charge on any atom is -0.334 e. The van der Waals surface area contributed by atoms with Crippen molar-refractivity contribution < 1.29 is 4.79 Å². The number of benzene rings is 1. The van der Waals surface area contributed by atoms with E-state index in [0.717, 1.165) is 42.0 Å². The van der Waals surface area contributed by atoms with Crippen LogP contribution >= 0.6 is 0 Å². The van der Waals surface area contributed by atoms with Gasteiger partial charge < -0.3 is 9.88 Å². The number of aromatic nitrogens is 2. The van der Waals surface area contributed by atoms with Crippen LogP contribution in [0, 0.1) is 13.8 Å². The maximum absolute atomic E-state index is 12.3. The van der Waals surface area contributed by atoms with Gasteiger partial charge in [0.2, 0.25) is 0 Å². The Kier molecular flexibility index (Phi) is 3.30. The summed E-state index contributed by atoms with van der Waals surface area (Å²) in [6.45, 7) is 5.02. The van der Waals surface area contributed by atoms with Crippen LogP contribution in [0.2, 0.25) is 0 Å². The monoisotopic (exact) mass is 269 g/mol. The second kappa shape index (κ2) is 5.12. The zero-order valence-electron chi connectivity index (χ0n) is 11.9. The van der Waals surface area contributed by atoms with E-state index in [4.69, 9.17) is 0 Å². The number of amides is 1. The number of nitrogens with one attached hydrogen (secondary N) is 1. The predicted molar refractivity (Wildman–Crippen MR) is 79.0 cm³/mol. The van der Waals surface area contributed by atoms with E-state index < -0.39 is 0 Å². The number of imidazole rings is 1. The van der Waals surface area contributed by atoms with Gasteiger partial charge in [0.1, 0.15) is 11.5 Å². The van der Waals surface area contributed by atoms with Gasteiger partial charge in [0, 0.05) is 24.8 Å². The van der Waals surface area contributed by atoms with Crippen LogP contribution in [0.15, 0.2) is 24.4 Å². The van der Waals surface area contributed by atoms with Crippen molar-refractivity contribution in [1.82, 2.24) is 9.55 Å². The minimum absolute atomic E-state index is 0.128. The van der Waals surface area contributed by atoms with Crippen molar-refractivity contribution in [2.45, 2.75) is 39.7 Å². The lowest BCUT2D eigenvalue weighted by Crippen LogP contribution is -2.12. The van der Waals surface area contributed by atoms with E-state index in [1.165, 1.54) is 6.42 Å². The Morgan fingerprint density at radius 3 is 2.65 bits per heavy atom. The van der Waals surface area contributed by atoms with Gasteiger partial charge in [-0.05, 0) is 49.9 Å². The Balaban J connectivity index is 1.80. The zero-order chi connectivity index (χ0) is 14.1. The van der Waals surface area contributed by atoms with E-state index in [1.54, 1.807) is 0 Å². The summed E-state index contributed by atoms with van der Waals surface area (Å²) in [7, 11) is 0. The first-order valence-electron chi connectivity index (χ1n) is 7.07. The molecule has 0 atom stereocenters. The Labute approximate surface area is 118 Å². The molecule has 1 aromatic carbocycles. The summed E-state index contributed by atoms with van der Waals surface area (Å²) < 4.78 is 2.10. The second-order valence-electron chi connectivity index (χ2n) is 5.52. The van der Waals surface area contributed by atoms with Crippen LogP contribution < -0.4 is 5.32 Å². The average Bonchev–Trinajstić information content (AvgIpc) is 2.81.